The molecule has 1 atom stereocenters. The monoisotopic (exact) mass is 410 g/mol. The summed E-state index contributed by atoms with van der Waals surface area (Å²) in [7, 11) is -1.50. The minimum absolute atomic E-state index is 0.0262. The molecule has 0 aromatic heterocycles. The average Bonchev–Trinajstić information content (AvgIpc) is 3.09. The molecule has 0 N–H and O–H groups in total. The van der Waals surface area contributed by atoms with Crippen molar-refractivity contribution in [3.05, 3.63) is 40.8 Å². The molecule has 6 nitrogen and oxygen atoms in total. The number of amides is 2. The van der Waals surface area contributed by atoms with E-state index in [2.05, 4.69) is 0 Å². The zero-order valence-electron chi connectivity index (χ0n) is 14.1. The van der Waals surface area contributed by atoms with E-state index >= 15 is 0 Å². The molecule has 0 unspecified atom stereocenters. The van der Waals surface area contributed by atoms with Gasteiger partial charge >= 0.3 is 0 Å². The molecule has 2 saturated heterocycles. The fraction of sp³-hybridized carbons (Fsp3) is 0.353. The number of hydrogen-bond acceptors (Lipinski definition) is 6. The van der Waals surface area contributed by atoms with Crippen LogP contribution in [-0.4, -0.2) is 65.5 Å². The Hall–Kier alpha value is -1.71. The Morgan fingerprint density at radius 1 is 1.38 bits per heavy atom. The smallest absolute Gasteiger partial charge is 0.266 e. The van der Waals surface area contributed by atoms with Crippen molar-refractivity contribution in [2.45, 2.75) is 12.5 Å². The van der Waals surface area contributed by atoms with Crippen LogP contribution in [0.2, 0.25) is 0 Å². The summed E-state index contributed by atoms with van der Waals surface area (Å²) < 4.78 is 23.5. The predicted molar refractivity (Wildman–Crippen MR) is 106 cm³/mol. The minimum atomic E-state index is -3.08. The first-order valence-corrected chi connectivity index (χ1v) is 11.1. The molecule has 26 heavy (non-hydrogen) atoms. The topological polar surface area (TPSA) is 74.8 Å². The number of carbonyl (C=O) groups is 2. The predicted octanol–water partition coefficient (Wildman–Crippen LogP) is 1.53. The fourth-order valence-corrected chi connectivity index (χ4v) is 5.90. The fourth-order valence-electron chi connectivity index (χ4n) is 2.87. The minimum Gasteiger partial charge on any atom is -0.340 e. The van der Waals surface area contributed by atoms with E-state index in [1.54, 1.807) is 13.1 Å². The van der Waals surface area contributed by atoms with Crippen molar-refractivity contribution in [3.63, 3.8) is 0 Å². The van der Waals surface area contributed by atoms with Crippen LogP contribution >= 0.6 is 24.0 Å². The molecule has 2 aliphatic heterocycles. The van der Waals surface area contributed by atoms with Crippen LogP contribution in [0, 0.1) is 0 Å². The standard InChI is InChI=1S/C17H18N2O4S3/c1-18(13-7-8-26(22,23)11-13)15(20)10-19-16(21)14(25-17(19)24)9-12-5-3-2-4-6-12/h2-6,9,13H,7-8,10-11H2,1H3/b14-9+/t13-/m0/s1. The largest absolute Gasteiger partial charge is 0.340 e. The molecule has 2 fully saturated rings. The number of nitrogens with zero attached hydrogens (tertiary/aromatic N) is 2. The lowest BCUT2D eigenvalue weighted by Crippen LogP contribution is -2.45. The third kappa shape index (κ3) is 4.16. The van der Waals surface area contributed by atoms with Crippen molar-refractivity contribution >= 4 is 56.0 Å². The number of rotatable bonds is 4. The van der Waals surface area contributed by atoms with Crippen molar-refractivity contribution in [2.75, 3.05) is 25.1 Å². The number of benzene rings is 1. The van der Waals surface area contributed by atoms with Crippen LogP contribution in [0.5, 0.6) is 0 Å². The molecule has 2 amide bonds. The van der Waals surface area contributed by atoms with Gasteiger partial charge in [0.25, 0.3) is 5.91 Å². The zero-order valence-corrected chi connectivity index (χ0v) is 16.6. The maximum Gasteiger partial charge on any atom is 0.266 e. The Labute approximate surface area is 162 Å². The maximum absolute atomic E-state index is 12.6. The summed E-state index contributed by atoms with van der Waals surface area (Å²) in [4.78, 5) is 28.3. The highest BCUT2D eigenvalue weighted by atomic mass is 32.2. The van der Waals surface area contributed by atoms with E-state index in [-0.39, 0.29) is 35.9 Å². The molecule has 1 aromatic rings. The summed E-state index contributed by atoms with van der Waals surface area (Å²) in [6, 6.07) is 9.06. The van der Waals surface area contributed by atoms with Gasteiger partial charge in [-0.2, -0.15) is 0 Å². The molecule has 2 aliphatic rings. The van der Waals surface area contributed by atoms with Crippen molar-refractivity contribution < 1.29 is 18.0 Å². The molecule has 0 aliphatic carbocycles. The second-order valence-corrected chi connectivity index (χ2v) is 10.1. The molecule has 0 saturated carbocycles. The van der Waals surface area contributed by atoms with Crippen LogP contribution in [0.1, 0.15) is 12.0 Å². The highest BCUT2D eigenvalue weighted by Crippen LogP contribution is 2.32. The third-order valence-corrected chi connectivity index (χ3v) is 7.54. The van der Waals surface area contributed by atoms with Crippen molar-refractivity contribution in [1.82, 2.24) is 9.80 Å². The van der Waals surface area contributed by atoms with E-state index in [0.717, 1.165) is 17.3 Å². The molecule has 0 spiro atoms. The summed E-state index contributed by atoms with van der Waals surface area (Å²) >= 11 is 6.41. The Morgan fingerprint density at radius 2 is 2.08 bits per heavy atom. The highest BCUT2D eigenvalue weighted by molar-refractivity contribution is 8.26. The van der Waals surface area contributed by atoms with Gasteiger partial charge in [-0.1, -0.05) is 54.3 Å². The Balaban J connectivity index is 1.68. The van der Waals surface area contributed by atoms with E-state index in [1.807, 2.05) is 30.3 Å². The van der Waals surface area contributed by atoms with Gasteiger partial charge in [0.05, 0.1) is 16.4 Å². The highest BCUT2D eigenvalue weighted by Gasteiger charge is 2.37. The van der Waals surface area contributed by atoms with E-state index in [9.17, 15) is 18.0 Å². The van der Waals surface area contributed by atoms with Crippen LogP contribution in [0.3, 0.4) is 0 Å². The van der Waals surface area contributed by atoms with Gasteiger partial charge in [-0.05, 0) is 18.1 Å². The zero-order chi connectivity index (χ0) is 18.9. The molecule has 138 valence electrons. The van der Waals surface area contributed by atoms with Gasteiger partial charge in [0.15, 0.2) is 9.84 Å². The van der Waals surface area contributed by atoms with Crippen molar-refractivity contribution in [2.24, 2.45) is 0 Å². The van der Waals surface area contributed by atoms with Crippen LogP contribution in [0.4, 0.5) is 0 Å². The van der Waals surface area contributed by atoms with Crippen LogP contribution < -0.4 is 0 Å². The number of sulfone groups is 1. The van der Waals surface area contributed by atoms with Gasteiger partial charge in [-0.15, -0.1) is 0 Å². The Morgan fingerprint density at radius 3 is 2.69 bits per heavy atom. The first-order valence-electron chi connectivity index (χ1n) is 8.03. The van der Waals surface area contributed by atoms with Gasteiger partial charge in [0.1, 0.15) is 10.9 Å². The molecule has 9 heteroatoms. The normalized spacial score (nSPS) is 23.7. The van der Waals surface area contributed by atoms with Crippen molar-refractivity contribution in [1.29, 1.82) is 0 Å². The lowest BCUT2D eigenvalue weighted by atomic mass is 10.2. The van der Waals surface area contributed by atoms with Gasteiger partial charge in [-0.25, -0.2) is 8.42 Å². The van der Waals surface area contributed by atoms with E-state index in [0.29, 0.717) is 15.6 Å². The molecule has 0 bridgehead atoms. The number of likely N-dealkylation sites (N-methyl/N-ethyl adjacent to an activating group) is 1. The van der Waals surface area contributed by atoms with Gasteiger partial charge in [0, 0.05) is 13.1 Å². The molecular formula is C17H18N2O4S3. The van der Waals surface area contributed by atoms with Crippen molar-refractivity contribution in [3.8, 4) is 0 Å². The van der Waals surface area contributed by atoms with Gasteiger partial charge in [-0.3, -0.25) is 14.5 Å². The lowest BCUT2D eigenvalue weighted by Gasteiger charge is -2.25. The lowest BCUT2D eigenvalue weighted by molar-refractivity contribution is -0.135. The molecule has 0 radical (unpaired) electrons. The molecular weight excluding hydrogens is 392 g/mol. The average molecular weight is 411 g/mol. The summed E-state index contributed by atoms with van der Waals surface area (Å²) in [5, 5.41) is 0. The number of carbonyl (C=O) groups excluding carboxylic acids is 2. The van der Waals surface area contributed by atoms with Crippen LogP contribution in [-0.2, 0) is 19.4 Å². The first kappa shape index (κ1) is 19.1. The Kier molecular flexibility index (Phi) is 5.50. The molecule has 3 rings (SSSR count). The number of thioether (sulfide) groups is 1. The van der Waals surface area contributed by atoms with Gasteiger partial charge in [0.2, 0.25) is 5.91 Å². The van der Waals surface area contributed by atoms with Crippen LogP contribution in [0.15, 0.2) is 35.2 Å². The summed E-state index contributed by atoms with van der Waals surface area (Å²) in [6.45, 7) is -0.177. The molecule has 2 heterocycles. The second-order valence-electron chi connectivity index (χ2n) is 6.24. The Bertz CT molecular complexity index is 881. The van der Waals surface area contributed by atoms with E-state index in [4.69, 9.17) is 12.2 Å². The second kappa shape index (κ2) is 7.50. The first-order chi connectivity index (χ1) is 12.3. The van der Waals surface area contributed by atoms with E-state index < -0.39 is 9.84 Å². The summed E-state index contributed by atoms with van der Waals surface area (Å²) in [5.41, 5.74) is 0.882. The molecule has 1 aromatic carbocycles. The number of hydrogen-bond donors (Lipinski definition) is 0. The van der Waals surface area contributed by atoms with Crippen LogP contribution in [0.25, 0.3) is 6.08 Å². The van der Waals surface area contributed by atoms with E-state index in [1.165, 1.54) is 9.80 Å². The number of thiocarbonyl (C=S) groups is 1. The van der Waals surface area contributed by atoms with Gasteiger partial charge < -0.3 is 4.90 Å². The quantitative estimate of drug-likeness (QED) is 0.554. The summed E-state index contributed by atoms with van der Waals surface area (Å²) in [5.74, 6) is -0.549. The third-order valence-electron chi connectivity index (χ3n) is 4.41. The maximum atomic E-state index is 12.6. The SMILES string of the molecule is CN(C(=O)CN1C(=O)/C(=C\c2ccccc2)SC1=S)[C@H]1CCS(=O)(=O)C1. The summed E-state index contributed by atoms with van der Waals surface area (Å²) in [6.07, 6.45) is 2.17.